The Kier molecular flexibility index (Phi) is 6.07. The number of carbonyl (C=O) groups is 1. The summed E-state index contributed by atoms with van der Waals surface area (Å²) in [7, 11) is 3.01. The Labute approximate surface area is 168 Å². The van der Waals surface area contributed by atoms with Gasteiger partial charge in [0, 0.05) is 18.5 Å². The van der Waals surface area contributed by atoms with E-state index in [1.54, 1.807) is 12.1 Å². The molecule has 152 valence electrons. The van der Waals surface area contributed by atoms with Gasteiger partial charge >= 0.3 is 6.09 Å². The Morgan fingerprint density at radius 3 is 2.31 bits per heavy atom. The van der Waals surface area contributed by atoms with E-state index >= 15 is 0 Å². The van der Waals surface area contributed by atoms with Crippen molar-refractivity contribution in [2.24, 2.45) is 0 Å². The van der Waals surface area contributed by atoms with Crippen LogP contribution in [0.4, 0.5) is 4.79 Å². The first-order valence-corrected chi connectivity index (χ1v) is 9.27. The summed E-state index contributed by atoms with van der Waals surface area (Å²) >= 11 is 0. The van der Waals surface area contributed by atoms with Gasteiger partial charge in [-0.05, 0) is 37.1 Å². The minimum atomic E-state index is -0.606. The van der Waals surface area contributed by atoms with Crippen LogP contribution < -0.4 is 25.1 Å². The van der Waals surface area contributed by atoms with Crippen LogP contribution in [0.3, 0.4) is 0 Å². The monoisotopic (exact) mass is 396 g/mol. The molecular weight excluding hydrogens is 372 g/mol. The normalized spacial score (nSPS) is 10.6. The molecule has 2 aromatic carbocycles. The van der Waals surface area contributed by atoms with Crippen LogP contribution >= 0.6 is 0 Å². The van der Waals surface area contributed by atoms with Crippen molar-refractivity contribution in [1.82, 2.24) is 9.88 Å². The number of amides is 1. The van der Waals surface area contributed by atoms with Gasteiger partial charge in [-0.1, -0.05) is 24.3 Å². The summed E-state index contributed by atoms with van der Waals surface area (Å²) < 4.78 is 17.7. The number of aryl methyl sites for hydroxylation is 2. The number of hydrogen-bond donors (Lipinski definition) is 1. The van der Waals surface area contributed by atoms with Crippen molar-refractivity contribution in [2.45, 2.75) is 26.9 Å². The average molecular weight is 396 g/mol. The van der Waals surface area contributed by atoms with Crippen molar-refractivity contribution in [1.29, 1.82) is 0 Å². The highest BCUT2D eigenvalue weighted by Crippen LogP contribution is 2.34. The van der Waals surface area contributed by atoms with Gasteiger partial charge in [0.1, 0.15) is 0 Å². The maximum absolute atomic E-state index is 12.7. The molecule has 0 saturated heterocycles. The molecule has 0 bridgehead atoms. The second kappa shape index (κ2) is 8.68. The van der Waals surface area contributed by atoms with E-state index in [1.807, 2.05) is 38.1 Å². The van der Waals surface area contributed by atoms with Crippen LogP contribution in [0, 0.1) is 6.92 Å². The molecule has 0 unspecified atom stereocenters. The SMILES string of the molecule is CCn1cc(OC(=O)NCc2ccccc2C)c2cc(OC)c(OC)cc2c1=O. The Balaban J connectivity index is 1.95. The van der Waals surface area contributed by atoms with Crippen molar-refractivity contribution < 1.29 is 19.0 Å². The molecule has 0 spiro atoms. The predicted octanol–water partition coefficient (Wildman–Crippen LogP) is 3.64. The molecule has 29 heavy (non-hydrogen) atoms. The summed E-state index contributed by atoms with van der Waals surface area (Å²) in [4.78, 5) is 25.2. The van der Waals surface area contributed by atoms with E-state index in [-0.39, 0.29) is 11.3 Å². The fourth-order valence-corrected chi connectivity index (χ4v) is 3.11. The number of hydrogen-bond acceptors (Lipinski definition) is 5. The summed E-state index contributed by atoms with van der Waals surface area (Å²) in [5, 5.41) is 3.61. The maximum Gasteiger partial charge on any atom is 0.412 e. The molecule has 0 aliphatic carbocycles. The van der Waals surface area contributed by atoms with Gasteiger partial charge in [-0.15, -0.1) is 0 Å². The lowest BCUT2D eigenvalue weighted by atomic mass is 10.1. The molecule has 0 aliphatic heterocycles. The number of fused-ring (bicyclic) bond motifs is 1. The van der Waals surface area contributed by atoms with Crippen molar-refractivity contribution in [2.75, 3.05) is 14.2 Å². The summed E-state index contributed by atoms with van der Waals surface area (Å²) in [6.07, 6.45) is 0.926. The number of methoxy groups -OCH3 is 2. The van der Waals surface area contributed by atoms with Gasteiger partial charge in [0.05, 0.1) is 25.8 Å². The molecular formula is C22H24N2O5. The molecule has 7 nitrogen and oxygen atoms in total. The molecule has 0 saturated carbocycles. The van der Waals surface area contributed by atoms with Crippen molar-refractivity contribution in [3.63, 3.8) is 0 Å². The molecule has 3 rings (SSSR count). The van der Waals surface area contributed by atoms with Gasteiger partial charge in [-0.2, -0.15) is 0 Å². The van der Waals surface area contributed by atoms with Crippen molar-refractivity contribution in [3.05, 3.63) is 64.1 Å². The second-order valence-corrected chi connectivity index (χ2v) is 6.51. The van der Waals surface area contributed by atoms with E-state index in [1.165, 1.54) is 25.0 Å². The zero-order valence-corrected chi connectivity index (χ0v) is 16.9. The lowest BCUT2D eigenvalue weighted by molar-refractivity contribution is 0.200. The average Bonchev–Trinajstić information content (AvgIpc) is 2.74. The smallest absolute Gasteiger partial charge is 0.412 e. The molecule has 7 heteroatoms. The minimum absolute atomic E-state index is 0.198. The third-order valence-electron chi connectivity index (χ3n) is 4.78. The van der Waals surface area contributed by atoms with Crippen molar-refractivity contribution in [3.8, 4) is 17.2 Å². The predicted molar refractivity (Wildman–Crippen MR) is 111 cm³/mol. The lowest BCUT2D eigenvalue weighted by Gasteiger charge is -2.15. The summed E-state index contributed by atoms with van der Waals surface area (Å²) in [6, 6.07) is 11.0. The standard InChI is InChI=1S/C22H24N2O5/c1-5-24-13-20(29-22(26)23-12-15-9-7-6-8-14(15)2)16-10-18(27-3)19(28-4)11-17(16)21(24)25/h6-11,13H,5,12H2,1-4H3,(H,23,26). The Morgan fingerprint density at radius 2 is 1.69 bits per heavy atom. The highest BCUT2D eigenvalue weighted by Gasteiger charge is 2.17. The zero-order valence-electron chi connectivity index (χ0n) is 16.9. The second-order valence-electron chi connectivity index (χ2n) is 6.51. The molecule has 1 heterocycles. The van der Waals surface area contributed by atoms with Crippen LogP contribution in [0.15, 0.2) is 47.4 Å². The number of nitrogens with one attached hydrogen (secondary N) is 1. The Morgan fingerprint density at radius 1 is 1.03 bits per heavy atom. The quantitative estimate of drug-likeness (QED) is 0.688. The van der Waals surface area contributed by atoms with Gasteiger partial charge < -0.3 is 24.1 Å². The number of benzene rings is 2. The number of ether oxygens (including phenoxy) is 3. The van der Waals surface area contributed by atoms with Gasteiger partial charge in [-0.25, -0.2) is 4.79 Å². The fraction of sp³-hybridized carbons (Fsp3) is 0.273. The highest BCUT2D eigenvalue weighted by atomic mass is 16.6. The molecule has 0 aliphatic rings. The number of aromatic nitrogens is 1. The number of pyridine rings is 1. The Bertz CT molecular complexity index is 1100. The van der Waals surface area contributed by atoms with Gasteiger partial charge in [0.25, 0.3) is 5.56 Å². The molecule has 3 aromatic rings. The number of carbonyl (C=O) groups excluding carboxylic acids is 1. The third-order valence-corrected chi connectivity index (χ3v) is 4.78. The molecule has 0 radical (unpaired) electrons. The van der Waals surface area contributed by atoms with Gasteiger partial charge in [0.2, 0.25) is 0 Å². The molecule has 0 fully saturated rings. The first-order chi connectivity index (χ1) is 14.0. The third kappa shape index (κ3) is 4.18. The van der Waals surface area contributed by atoms with E-state index in [4.69, 9.17) is 14.2 Å². The zero-order chi connectivity index (χ0) is 21.0. The maximum atomic E-state index is 12.7. The largest absolute Gasteiger partial charge is 0.493 e. The number of rotatable bonds is 6. The lowest BCUT2D eigenvalue weighted by Crippen LogP contribution is -2.28. The fourth-order valence-electron chi connectivity index (χ4n) is 3.11. The Hall–Kier alpha value is -3.48. The van der Waals surface area contributed by atoms with E-state index in [0.717, 1.165) is 11.1 Å². The molecule has 0 atom stereocenters. The van der Waals surface area contributed by atoms with Crippen molar-refractivity contribution >= 4 is 16.9 Å². The summed E-state index contributed by atoms with van der Waals surface area (Å²) in [6.45, 7) is 4.60. The van der Waals surface area contributed by atoms with E-state index in [9.17, 15) is 9.59 Å². The highest BCUT2D eigenvalue weighted by molar-refractivity contribution is 5.92. The van der Waals surface area contributed by atoms with E-state index in [2.05, 4.69) is 5.32 Å². The van der Waals surface area contributed by atoms with Crippen LogP contribution in [0.1, 0.15) is 18.1 Å². The minimum Gasteiger partial charge on any atom is -0.493 e. The van der Waals surface area contributed by atoms with Crippen LogP contribution in [0.2, 0.25) is 0 Å². The van der Waals surface area contributed by atoms with Crippen LogP contribution in [-0.4, -0.2) is 24.9 Å². The first-order valence-electron chi connectivity index (χ1n) is 9.27. The molecule has 1 amide bonds. The van der Waals surface area contributed by atoms with Gasteiger partial charge in [-0.3, -0.25) is 4.79 Å². The van der Waals surface area contributed by atoms with Crippen LogP contribution in [0.5, 0.6) is 17.2 Å². The molecule has 1 N–H and O–H groups in total. The van der Waals surface area contributed by atoms with E-state index < -0.39 is 6.09 Å². The molecule has 1 aromatic heterocycles. The summed E-state index contributed by atoms with van der Waals surface area (Å²) in [5.74, 6) is 1.14. The van der Waals surface area contributed by atoms with Crippen LogP contribution in [-0.2, 0) is 13.1 Å². The van der Waals surface area contributed by atoms with E-state index in [0.29, 0.717) is 35.4 Å². The summed E-state index contributed by atoms with van der Waals surface area (Å²) in [5.41, 5.74) is 1.88. The van der Waals surface area contributed by atoms with Crippen LogP contribution in [0.25, 0.3) is 10.8 Å². The van der Waals surface area contributed by atoms with Gasteiger partial charge in [0.15, 0.2) is 17.2 Å². The first kappa shape index (κ1) is 20.3. The topological polar surface area (TPSA) is 78.8 Å². The number of nitrogens with zero attached hydrogens (tertiary/aromatic N) is 1.